The fourth-order valence-electron chi connectivity index (χ4n) is 3.88. The number of nitrogens with zero attached hydrogens (tertiary/aromatic N) is 3. The lowest BCUT2D eigenvalue weighted by Crippen LogP contribution is -2.40. The molecule has 4 rings (SSSR count). The van der Waals surface area contributed by atoms with Crippen molar-refractivity contribution in [2.45, 2.75) is 18.9 Å². The summed E-state index contributed by atoms with van der Waals surface area (Å²) < 4.78 is 33.8. The molecule has 164 valence electrons. The number of nitriles is 1. The maximum atomic E-state index is 14.4. The third-order valence-electron chi connectivity index (χ3n) is 5.65. The van der Waals surface area contributed by atoms with Crippen molar-refractivity contribution in [1.82, 2.24) is 4.98 Å². The van der Waals surface area contributed by atoms with Crippen LogP contribution >= 0.6 is 0 Å². The van der Waals surface area contributed by atoms with Crippen LogP contribution in [0, 0.1) is 23.0 Å². The highest BCUT2D eigenvalue weighted by Gasteiger charge is 2.23. The number of methoxy groups -OCH3 is 1. The van der Waals surface area contributed by atoms with Crippen LogP contribution < -0.4 is 15.4 Å². The van der Waals surface area contributed by atoms with Crippen molar-refractivity contribution in [3.63, 3.8) is 0 Å². The molecule has 0 unspecified atom stereocenters. The molecule has 0 bridgehead atoms. The molecule has 3 aromatic rings. The molecule has 0 aliphatic carbocycles. The number of nitrogens with two attached hydrogens (primary N) is 1. The number of aromatic nitrogens is 1. The molecule has 1 fully saturated rings. The number of piperidine rings is 1. The van der Waals surface area contributed by atoms with E-state index in [2.05, 4.69) is 0 Å². The second-order valence-corrected chi connectivity index (χ2v) is 7.70. The van der Waals surface area contributed by atoms with Crippen molar-refractivity contribution in [1.29, 1.82) is 5.26 Å². The second-order valence-electron chi connectivity index (χ2n) is 7.70. The van der Waals surface area contributed by atoms with Gasteiger partial charge in [0.1, 0.15) is 23.5 Å². The third-order valence-corrected chi connectivity index (χ3v) is 5.65. The summed E-state index contributed by atoms with van der Waals surface area (Å²) in [5, 5.41) is 20.0. The summed E-state index contributed by atoms with van der Waals surface area (Å²) in [5.41, 5.74) is 7.16. The van der Waals surface area contributed by atoms with Crippen LogP contribution in [-0.2, 0) is 0 Å². The van der Waals surface area contributed by atoms with E-state index in [1.807, 2.05) is 4.90 Å². The molecule has 2 heterocycles. The molecule has 1 aliphatic heterocycles. The van der Waals surface area contributed by atoms with Gasteiger partial charge in [0.25, 0.3) is 0 Å². The minimum absolute atomic E-state index is 0.0634. The predicted molar refractivity (Wildman–Crippen MR) is 117 cm³/mol. The Morgan fingerprint density at radius 1 is 1.09 bits per heavy atom. The number of rotatable bonds is 4. The SMILES string of the molecule is COc1ccc(-c2c(O)cc(N3CCC(N)CC3)nc2-c2ccc(C#N)c(F)c2)cc1F. The van der Waals surface area contributed by atoms with Gasteiger partial charge in [-0.25, -0.2) is 13.8 Å². The first kappa shape index (κ1) is 21.5. The average Bonchev–Trinajstić information content (AvgIpc) is 2.79. The summed E-state index contributed by atoms with van der Waals surface area (Å²) in [6.07, 6.45) is 1.57. The van der Waals surface area contributed by atoms with Gasteiger partial charge in [-0.05, 0) is 42.7 Å². The van der Waals surface area contributed by atoms with Crippen molar-refractivity contribution in [3.8, 4) is 40.0 Å². The number of ether oxygens (including phenoxy) is 1. The summed E-state index contributed by atoms with van der Waals surface area (Å²) in [7, 11) is 1.36. The topological polar surface area (TPSA) is 95.4 Å². The Bertz CT molecular complexity index is 1200. The molecule has 1 aliphatic rings. The van der Waals surface area contributed by atoms with Crippen molar-refractivity contribution in [2.75, 3.05) is 25.1 Å². The Morgan fingerprint density at radius 2 is 1.78 bits per heavy atom. The number of hydrogen-bond acceptors (Lipinski definition) is 6. The summed E-state index contributed by atoms with van der Waals surface area (Å²) in [4.78, 5) is 6.72. The van der Waals surface area contributed by atoms with E-state index in [0.717, 1.165) is 12.8 Å². The van der Waals surface area contributed by atoms with Gasteiger partial charge in [-0.1, -0.05) is 12.1 Å². The van der Waals surface area contributed by atoms with Gasteiger partial charge < -0.3 is 20.5 Å². The maximum Gasteiger partial charge on any atom is 0.165 e. The molecule has 0 spiro atoms. The average molecular weight is 436 g/mol. The van der Waals surface area contributed by atoms with Crippen molar-refractivity contribution in [2.24, 2.45) is 5.73 Å². The van der Waals surface area contributed by atoms with Gasteiger partial charge in [0.2, 0.25) is 0 Å². The number of benzene rings is 2. The zero-order valence-electron chi connectivity index (χ0n) is 17.5. The summed E-state index contributed by atoms with van der Waals surface area (Å²) in [5.74, 6) is -0.836. The lowest BCUT2D eigenvalue weighted by atomic mass is 9.97. The molecular weight excluding hydrogens is 414 g/mol. The quantitative estimate of drug-likeness (QED) is 0.636. The molecule has 0 amide bonds. The largest absolute Gasteiger partial charge is 0.507 e. The summed E-state index contributed by atoms with van der Waals surface area (Å²) in [6.45, 7) is 1.34. The van der Waals surface area contributed by atoms with Gasteiger partial charge >= 0.3 is 0 Å². The molecule has 1 saturated heterocycles. The van der Waals surface area contributed by atoms with E-state index in [9.17, 15) is 13.9 Å². The van der Waals surface area contributed by atoms with E-state index in [1.54, 1.807) is 18.2 Å². The van der Waals surface area contributed by atoms with Gasteiger partial charge in [0, 0.05) is 30.8 Å². The molecule has 1 aromatic heterocycles. The van der Waals surface area contributed by atoms with E-state index in [0.29, 0.717) is 30.0 Å². The van der Waals surface area contributed by atoms with Crippen molar-refractivity contribution < 1.29 is 18.6 Å². The Hall–Kier alpha value is -3.70. The van der Waals surface area contributed by atoms with Gasteiger partial charge in [0.15, 0.2) is 11.6 Å². The lowest BCUT2D eigenvalue weighted by Gasteiger charge is -2.31. The first-order valence-electron chi connectivity index (χ1n) is 10.2. The molecule has 0 saturated carbocycles. The van der Waals surface area contributed by atoms with Crippen LogP contribution in [0.2, 0.25) is 0 Å². The highest BCUT2D eigenvalue weighted by Crippen LogP contribution is 2.41. The zero-order chi connectivity index (χ0) is 22.8. The Labute approximate surface area is 184 Å². The molecule has 32 heavy (non-hydrogen) atoms. The van der Waals surface area contributed by atoms with Crippen LogP contribution in [0.25, 0.3) is 22.4 Å². The number of hydrogen-bond donors (Lipinski definition) is 2. The molecule has 3 N–H and O–H groups in total. The van der Waals surface area contributed by atoms with Crippen LogP contribution in [0.1, 0.15) is 18.4 Å². The lowest BCUT2D eigenvalue weighted by molar-refractivity contribution is 0.386. The van der Waals surface area contributed by atoms with E-state index in [4.69, 9.17) is 20.7 Å². The molecule has 6 nitrogen and oxygen atoms in total. The number of halogens is 2. The van der Waals surface area contributed by atoms with Crippen LogP contribution in [0.5, 0.6) is 11.5 Å². The van der Waals surface area contributed by atoms with Gasteiger partial charge in [0.05, 0.1) is 23.9 Å². The van der Waals surface area contributed by atoms with E-state index < -0.39 is 11.6 Å². The van der Waals surface area contributed by atoms with Crippen LogP contribution in [0.4, 0.5) is 14.6 Å². The van der Waals surface area contributed by atoms with Gasteiger partial charge in [-0.3, -0.25) is 0 Å². The normalized spacial score (nSPS) is 14.3. The maximum absolute atomic E-state index is 14.4. The zero-order valence-corrected chi connectivity index (χ0v) is 17.5. The van der Waals surface area contributed by atoms with Crippen molar-refractivity contribution >= 4 is 5.82 Å². The number of anilines is 1. The standard InChI is InChI=1S/C24H22F2N4O2/c1-32-21-5-4-14(10-19(21)26)23-20(31)12-22(30-8-6-17(28)7-9-30)29-24(23)15-2-3-16(13-27)18(25)11-15/h2-5,10-12,17H,6-9,28H2,1H3,(H,29,31). The monoisotopic (exact) mass is 436 g/mol. The predicted octanol–water partition coefficient (Wildman–Crippen LogP) is 4.21. The van der Waals surface area contributed by atoms with Crippen LogP contribution in [-0.4, -0.2) is 36.3 Å². The minimum Gasteiger partial charge on any atom is -0.507 e. The molecule has 8 heteroatoms. The first-order chi connectivity index (χ1) is 15.4. The molecule has 0 radical (unpaired) electrons. The number of aromatic hydroxyl groups is 1. The summed E-state index contributed by atoms with van der Waals surface area (Å²) >= 11 is 0. The van der Waals surface area contributed by atoms with Crippen molar-refractivity contribution in [3.05, 3.63) is 59.7 Å². The molecule has 0 atom stereocenters. The van der Waals surface area contributed by atoms with Gasteiger partial charge in [-0.2, -0.15) is 5.26 Å². The molecule has 2 aromatic carbocycles. The second kappa shape index (κ2) is 8.81. The smallest absolute Gasteiger partial charge is 0.165 e. The van der Waals surface area contributed by atoms with Crippen LogP contribution in [0.3, 0.4) is 0 Å². The number of pyridine rings is 1. The van der Waals surface area contributed by atoms with Gasteiger partial charge in [-0.15, -0.1) is 0 Å². The Balaban J connectivity index is 1.89. The Kier molecular flexibility index (Phi) is 5.93. The van der Waals surface area contributed by atoms with E-state index >= 15 is 0 Å². The summed E-state index contributed by atoms with van der Waals surface area (Å²) in [6, 6.07) is 11.8. The fraction of sp³-hybridized carbons (Fsp3) is 0.250. The Morgan fingerprint density at radius 3 is 2.41 bits per heavy atom. The first-order valence-corrected chi connectivity index (χ1v) is 10.2. The third kappa shape index (κ3) is 4.07. The highest BCUT2D eigenvalue weighted by atomic mass is 19.1. The fourth-order valence-corrected chi connectivity index (χ4v) is 3.88. The molecular formula is C24H22F2N4O2. The van der Waals surface area contributed by atoms with E-state index in [-0.39, 0.29) is 34.4 Å². The van der Waals surface area contributed by atoms with Crippen LogP contribution in [0.15, 0.2) is 42.5 Å². The minimum atomic E-state index is -0.701. The highest BCUT2D eigenvalue weighted by molar-refractivity contribution is 5.87. The van der Waals surface area contributed by atoms with E-state index in [1.165, 1.54) is 37.4 Å².